The van der Waals surface area contributed by atoms with Crippen LogP contribution in [0.3, 0.4) is 0 Å². The molecule has 1 aromatic carbocycles. The largest absolute Gasteiger partial charge is 0.508 e. The van der Waals surface area contributed by atoms with E-state index < -0.39 is 0 Å². The summed E-state index contributed by atoms with van der Waals surface area (Å²) in [6, 6.07) is 4.63. The first kappa shape index (κ1) is 13.2. The quantitative estimate of drug-likeness (QED) is 0.657. The first-order chi connectivity index (χ1) is 8.65. The highest BCUT2D eigenvalue weighted by atomic mass is 16.3. The van der Waals surface area contributed by atoms with Gasteiger partial charge in [0.15, 0.2) is 0 Å². The Bertz CT molecular complexity index is 395. The van der Waals surface area contributed by atoms with Crippen LogP contribution in [0, 0.1) is 5.92 Å². The fourth-order valence-corrected chi connectivity index (χ4v) is 2.56. The van der Waals surface area contributed by atoms with Crippen LogP contribution in [0.15, 0.2) is 18.2 Å². The molecule has 0 aromatic heterocycles. The molecule has 0 aliphatic heterocycles. The zero-order valence-corrected chi connectivity index (χ0v) is 10.5. The molecule has 2 unspecified atom stereocenters. The number of hydrogen-bond acceptors (Lipinski definition) is 4. The topological polar surface area (TPSA) is 72.7 Å². The Morgan fingerprint density at radius 1 is 1.22 bits per heavy atom. The predicted molar refractivity (Wildman–Crippen MR) is 69.4 cm³/mol. The Hall–Kier alpha value is -1.26. The van der Waals surface area contributed by atoms with Crippen molar-refractivity contribution >= 4 is 0 Å². The van der Waals surface area contributed by atoms with Crippen molar-refractivity contribution in [1.82, 2.24) is 5.32 Å². The number of aliphatic hydroxyl groups is 1. The van der Waals surface area contributed by atoms with Gasteiger partial charge in [-0.05, 0) is 37.8 Å². The van der Waals surface area contributed by atoms with Crippen molar-refractivity contribution in [2.75, 3.05) is 6.54 Å². The van der Waals surface area contributed by atoms with E-state index in [4.69, 9.17) is 0 Å². The first-order valence-electron chi connectivity index (χ1n) is 6.55. The number of benzene rings is 1. The molecular weight excluding hydrogens is 230 g/mol. The summed E-state index contributed by atoms with van der Waals surface area (Å²) in [5.74, 6) is 0.714. The summed E-state index contributed by atoms with van der Waals surface area (Å²) in [7, 11) is 0. The number of aliphatic hydroxyl groups excluding tert-OH is 1. The van der Waals surface area contributed by atoms with Gasteiger partial charge >= 0.3 is 0 Å². The second-order valence-corrected chi connectivity index (χ2v) is 5.13. The fraction of sp³-hybridized carbons (Fsp3) is 0.571. The molecule has 0 saturated heterocycles. The smallest absolute Gasteiger partial charge is 0.123 e. The highest BCUT2D eigenvalue weighted by Crippen LogP contribution is 2.25. The van der Waals surface area contributed by atoms with Crippen LogP contribution < -0.4 is 5.32 Å². The third-order valence-corrected chi connectivity index (χ3v) is 3.57. The minimum atomic E-state index is -0.146. The van der Waals surface area contributed by atoms with Gasteiger partial charge in [-0.15, -0.1) is 0 Å². The average molecular weight is 251 g/mol. The summed E-state index contributed by atoms with van der Waals surface area (Å²) in [4.78, 5) is 0. The maximum atomic E-state index is 9.63. The molecule has 1 fully saturated rings. The average Bonchev–Trinajstić information content (AvgIpc) is 2.32. The van der Waals surface area contributed by atoms with E-state index in [1.807, 2.05) is 0 Å². The van der Waals surface area contributed by atoms with Crippen LogP contribution in [-0.4, -0.2) is 28.0 Å². The Morgan fingerprint density at radius 2 is 2.06 bits per heavy atom. The monoisotopic (exact) mass is 251 g/mol. The lowest BCUT2D eigenvalue weighted by Gasteiger charge is -2.26. The molecule has 4 N–H and O–H groups in total. The number of aromatic hydroxyl groups is 2. The molecule has 1 saturated carbocycles. The summed E-state index contributed by atoms with van der Waals surface area (Å²) in [5.41, 5.74) is 0.782. The summed E-state index contributed by atoms with van der Waals surface area (Å²) in [6.07, 6.45) is 3.90. The molecule has 2 atom stereocenters. The SMILES string of the molecule is Oc1ccc(CNCC2CCCC(O)C2)c(O)c1. The van der Waals surface area contributed by atoms with E-state index in [-0.39, 0.29) is 17.6 Å². The molecule has 0 radical (unpaired) electrons. The lowest BCUT2D eigenvalue weighted by molar-refractivity contribution is 0.101. The zero-order chi connectivity index (χ0) is 13.0. The Balaban J connectivity index is 1.77. The van der Waals surface area contributed by atoms with Gasteiger partial charge in [-0.2, -0.15) is 0 Å². The minimum absolute atomic E-state index is 0.0756. The van der Waals surface area contributed by atoms with Gasteiger partial charge in [-0.1, -0.05) is 12.5 Å². The molecule has 100 valence electrons. The van der Waals surface area contributed by atoms with Crippen LogP contribution in [0.25, 0.3) is 0 Å². The second-order valence-electron chi connectivity index (χ2n) is 5.13. The van der Waals surface area contributed by atoms with Crippen molar-refractivity contribution in [1.29, 1.82) is 0 Å². The summed E-state index contributed by atoms with van der Waals surface area (Å²) in [6.45, 7) is 1.44. The minimum Gasteiger partial charge on any atom is -0.508 e. The first-order valence-corrected chi connectivity index (χ1v) is 6.55. The van der Waals surface area contributed by atoms with E-state index in [1.165, 1.54) is 6.07 Å². The maximum Gasteiger partial charge on any atom is 0.123 e. The number of nitrogens with one attached hydrogen (secondary N) is 1. The lowest BCUT2D eigenvalue weighted by atomic mass is 9.87. The van der Waals surface area contributed by atoms with Gasteiger partial charge in [0.25, 0.3) is 0 Å². The van der Waals surface area contributed by atoms with E-state index in [0.29, 0.717) is 12.5 Å². The molecule has 1 aliphatic carbocycles. The van der Waals surface area contributed by atoms with Gasteiger partial charge in [0, 0.05) is 18.2 Å². The van der Waals surface area contributed by atoms with Crippen molar-refractivity contribution in [2.24, 2.45) is 5.92 Å². The summed E-state index contributed by atoms with van der Waals surface area (Å²) in [5, 5.41) is 31.7. The number of rotatable bonds is 4. The Morgan fingerprint density at radius 3 is 2.78 bits per heavy atom. The van der Waals surface area contributed by atoms with E-state index in [1.54, 1.807) is 12.1 Å². The molecule has 0 spiro atoms. The van der Waals surface area contributed by atoms with Gasteiger partial charge in [-0.3, -0.25) is 0 Å². The molecule has 18 heavy (non-hydrogen) atoms. The van der Waals surface area contributed by atoms with Crippen LogP contribution in [-0.2, 0) is 6.54 Å². The molecule has 1 aromatic rings. The zero-order valence-electron chi connectivity index (χ0n) is 10.5. The van der Waals surface area contributed by atoms with Gasteiger partial charge in [-0.25, -0.2) is 0 Å². The van der Waals surface area contributed by atoms with Crippen LogP contribution in [0.4, 0.5) is 0 Å². The molecule has 0 heterocycles. The second kappa shape index (κ2) is 6.07. The van der Waals surface area contributed by atoms with Gasteiger partial charge < -0.3 is 20.6 Å². The number of hydrogen-bond donors (Lipinski definition) is 4. The summed E-state index contributed by atoms with van der Waals surface area (Å²) >= 11 is 0. The van der Waals surface area contributed by atoms with Gasteiger partial charge in [0.05, 0.1) is 6.10 Å². The Kier molecular flexibility index (Phi) is 4.44. The van der Waals surface area contributed by atoms with E-state index in [9.17, 15) is 15.3 Å². The normalized spacial score (nSPS) is 24.1. The fourth-order valence-electron chi connectivity index (χ4n) is 2.56. The molecule has 2 rings (SSSR count). The number of phenols is 2. The van der Waals surface area contributed by atoms with Gasteiger partial charge in [0.2, 0.25) is 0 Å². The van der Waals surface area contributed by atoms with Crippen molar-refractivity contribution < 1.29 is 15.3 Å². The van der Waals surface area contributed by atoms with Crippen molar-refractivity contribution in [3.63, 3.8) is 0 Å². The molecule has 4 nitrogen and oxygen atoms in total. The van der Waals surface area contributed by atoms with Crippen LogP contribution in [0.2, 0.25) is 0 Å². The summed E-state index contributed by atoms with van der Waals surface area (Å²) < 4.78 is 0. The molecule has 0 bridgehead atoms. The maximum absolute atomic E-state index is 9.63. The lowest BCUT2D eigenvalue weighted by Crippen LogP contribution is -2.28. The third kappa shape index (κ3) is 3.62. The highest BCUT2D eigenvalue weighted by molar-refractivity contribution is 5.38. The van der Waals surface area contributed by atoms with E-state index >= 15 is 0 Å². The third-order valence-electron chi connectivity index (χ3n) is 3.57. The number of phenolic OH excluding ortho intramolecular Hbond substituents is 2. The van der Waals surface area contributed by atoms with Crippen molar-refractivity contribution in [3.8, 4) is 11.5 Å². The van der Waals surface area contributed by atoms with Crippen molar-refractivity contribution in [3.05, 3.63) is 23.8 Å². The molecular formula is C14H21NO3. The van der Waals surface area contributed by atoms with Gasteiger partial charge in [0.1, 0.15) is 11.5 Å². The standard InChI is InChI=1S/C14H21NO3/c16-12-3-1-2-10(6-12)8-15-9-11-4-5-13(17)7-14(11)18/h4-5,7,10,12,15-18H,1-3,6,8-9H2. The van der Waals surface area contributed by atoms with E-state index in [2.05, 4.69) is 5.32 Å². The molecule has 4 heteroatoms. The van der Waals surface area contributed by atoms with E-state index in [0.717, 1.165) is 37.8 Å². The molecule has 0 amide bonds. The molecule has 1 aliphatic rings. The van der Waals surface area contributed by atoms with Crippen LogP contribution in [0.1, 0.15) is 31.2 Å². The predicted octanol–water partition coefficient (Wildman–Crippen LogP) is 1.74. The highest BCUT2D eigenvalue weighted by Gasteiger charge is 2.19. The van der Waals surface area contributed by atoms with Crippen LogP contribution >= 0.6 is 0 Å². The Labute approximate surface area is 107 Å². The van der Waals surface area contributed by atoms with Crippen LogP contribution in [0.5, 0.6) is 11.5 Å². The van der Waals surface area contributed by atoms with Crippen molar-refractivity contribution in [2.45, 2.75) is 38.3 Å².